The van der Waals surface area contributed by atoms with Gasteiger partial charge in [0.15, 0.2) is 0 Å². The third kappa shape index (κ3) is 2.61. The number of benzene rings is 1. The van der Waals surface area contributed by atoms with E-state index in [9.17, 15) is 9.70 Å². The average Bonchev–Trinajstić information content (AvgIpc) is 2.40. The molecule has 1 aromatic carbocycles. The van der Waals surface area contributed by atoms with Crippen LogP contribution in [0.1, 0.15) is 19.8 Å². The summed E-state index contributed by atoms with van der Waals surface area (Å²) in [7, 11) is 0. The second-order valence-electron chi connectivity index (χ2n) is 4.14. The highest BCUT2D eigenvalue weighted by Crippen LogP contribution is 2.12. The van der Waals surface area contributed by atoms with Gasteiger partial charge in [0, 0.05) is 12.1 Å². The van der Waals surface area contributed by atoms with Crippen molar-refractivity contribution in [1.29, 1.82) is 0 Å². The molecule has 1 unspecified atom stereocenters. The largest absolute Gasteiger partial charge is 0.331 e. The molecule has 1 aliphatic heterocycles. The number of rotatable bonds is 3. The fourth-order valence-corrected chi connectivity index (χ4v) is 1.94. The molecule has 2 rings (SSSR count). The Bertz CT molecular complexity index is 482. The number of amides is 1. The van der Waals surface area contributed by atoms with E-state index in [0.29, 0.717) is 30.9 Å². The van der Waals surface area contributed by atoms with Crippen LogP contribution in [0.5, 0.6) is 0 Å². The maximum atomic E-state index is 12.0. The quantitative estimate of drug-likeness (QED) is 0.829. The van der Waals surface area contributed by atoms with Crippen LogP contribution in [-0.2, 0) is 4.79 Å². The van der Waals surface area contributed by atoms with E-state index in [0.717, 1.165) is 4.76 Å². The summed E-state index contributed by atoms with van der Waals surface area (Å²) in [5.74, 6) is 0.187. The summed E-state index contributed by atoms with van der Waals surface area (Å²) < 4.78 is 0.738. The molecular formula is C13H16N3O2+. The second kappa shape index (κ2) is 5.53. The predicted molar refractivity (Wildman–Crippen MR) is 69.7 cm³/mol. The van der Waals surface area contributed by atoms with Crippen LogP contribution in [-0.4, -0.2) is 29.1 Å². The lowest BCUT2D eigenvalue weighted by Gasteiger charge is -2.14. The minimum atomic E-state index is -0.669. The third-order valence-corrected chi connectivity index (χ3v) is 2.89. The Morgan fingerprint density at radius 2 is 2.17 bits per heavy atom. The lowest BCUT2D eigenvalue weighted by atomic mass is 10.1. The number of hydrogen-bond donors (Lipinski definition) is 1. The molecule has 1 aromatic rings. The zero-order chi connectivity index (χ0) is 13.0. The van der Waals surface area contributed by atoms with E-state index in [4.69, 9.17) is 0 Å². The van der Waals surface area contributed by atoms with Gasteiger partial charge in [-0.1, -0.05) is 35.0 Å². The Labute approximate surface area is 105 Å². The molecule has 1 N–H and O–H groups in total. The lowest BCUT2D eigenvalue weighted by molar-refractivity contribution is -0.467. The first-order valence-electron chi connectivity index (χ1n) is 6.08. The molecule has 0 bridgehead atoms. The van der Waals surface area contributed by atoms with Crippen LogP contribution >= 0.6 is 0 Å². The van der Waals surface area contributed by atoms with Gasteiger partial charge in [-0.2, -0.15) is 0 Å². The van der Waals surface area contributed by atoms with E-state index in [2.05, 4.69) is 10.3 Å². The monoisotopic (exact) mass is 246 g/mol. The zero-order valence-electron chi connectivity index (χ0n) is 10.3. The van der Waals surface area contributed by atoms with Crippen molar-refractivity contribution in [2.45, 2.75) is 25.8 Å². The number of amidine groups is 1. The Hall–Kier alpha value is -2.04. The van der Waals surface area contributed by atoms with Gasteiger partial charge in [0.1, 0.15) is 6.54 Å². The van der Waals surface area contributed by atoms with Crippen molar-refractivity contribution >= 4 is 17.4 Å². The van der Waals surface area contributed by atoms with Crippen LogP contribution in [0.15, 0.2) is 35.3 Å². The maximum Gasteiger partial charge on any atom is 0.331 e. The minimum Gasteiger partial charge on any atom is -0.322 e. The molecule has 0 saturated carbocycles. The first-order valence-corrected chi connectivity index (χ1v) is 6.08. The summed E-state index contributed by atoms with van der Waals surface area (Å²) in [6, 6.07) is 8.47. The van der Waals surface area contributed by atoms with Gasteiger partial charge >= 0.3 is 5.84 Å². The molecular weight excluding hydrogens is 230 g/mol. The van der Waals surface area contributed by atoms with Crippen molar-refractivity contribution in [1.82, 2.24) is 0 Å². The van der Waals surface area contributed by atoms with E-state index in [1.54, 1.807) is 12.1 Å². The molecule has 0 fully saturated rings. The van der Waals surface area contributed by atoms with Crippen LogP contribution < -0.4 is 5.32 Å². The summed E-state index contributed by atoms with van der Waals surface area (Å²) in [5, 5.41) is 2.75. The molecule has 0 aliphatic carbocycles. The minimum absolute atomic E-state index is 0.267. The number of nitroso groups, excluding NO2 is 1. The third-order valence-electron chi connectivity index (χ3n) is 2.89. The highest BCUT2D eigenvalue weighted by atomic mass is 16.3. The fraction of sp³-hybridized carbons (Fsp3) is 0.385. The van der Waals surface area contributed by atoms with Gasteiger partial charge in [-0.05, 0) is 16.9 Å². The van der Waals surface area contributed by atoms with Crippen molar-refractivity contribution in [3.8, 4) is 0 Å². The smallest absolute Gasteiger partial charge is 0.322 e. The van der Waals surface area contributed by atoms with Crippen molar-refractivity contribution in [3.05, 3.63) is 35.2 Å². The molecule has 5 heteroatoms. The number of hydrogen-bond acceptors (Lipinski definition) is 3. The van der Waals surface area contributed by atoms with E-state index in [1.807, 2.05) is 25.1 Å². The molecule has 0 radical (unpaired) electrons. The molecule has 1 heterocycles. The summed E-state index contributed by atoms with van der Waals surface area (Å²) in [4.78, 5) is 28.1. The molecule has 18 heavy (non-hydrogen) atoms. The molecule has 94 valence electrons. The lowest BCUT2D eigenvalue weighted by Crippen LogP contribution is -2.43. The van der Waals surface area contributed by atoms with E-state index >= 15 is 0 Å². The molecule has 0 saturated heterocycles. The summed E-state index contributed by atoms with van der Waals surface area (Å²) in [6.45, 7) is 2.40. The van der Waals surface area contributed by atoms with Gasteiger partial charge in [0.05, 0.1) is 6.42 Å². The van der Waals surface area contributed by atoms with Crippen molar-refractivity contribution in [3.63, 3.8) is 0 Å². The van der Waals surface area contributed by atoms with Gasteiger partial charge in [0.25, 0.3) is 5.91 Å². The van der Waals surface area contributed by atoms with Gasteiger partial charge < -0.3 is 5.32 Å². The second-order valence-corrected chi connectivity index (χ2v) is 4.14. The van der Waals surface area contributed by atoms with E-state index in [1.165, 1.54) is 0 Å². The van der Waals surface area contributed by atoms with Crippen LogP contribution in [0.2, 0.25) is 0 Å². The van der Waals surface area contributed by atoms with Crippen molar-refractivity contribution < 1.29 is 9.55 Å². The Morgan fingerprint density at radius 3 is 2.83 bits per heavy atom. The Balaban J connectivity index is 2.06. The molecule has 0 spiro atoms. The number of anilines is 1. The summed E-state index contributed by atoms with van der Waals surface area (Å²) in [5.41, 5.74) is 0.705. The van der Waals surface area contributed by atoms with E-state index in [-0.39, 0.29) is 5.91 Å². The van der Waals surface area contributed by atoms with Crippen molar-refractivity contribution in [2.24, 2.45) is 4.99 Å². The number of nitrogens with zero attached hydrogens (tertiary/aromatic N) is 2. The Morgan fingerprint density at radius 1 is 1.44 bits per heavy atom. The molecule has 1 atom stereocenters. The number of aliphatic imine (C=N–C) groups is 1. The molecule has 1 amide bonds. The standard InChI is InChI=1S/C13H15N3O2/c1-2-12-14-9-8-11(16(12)18)13(17)15-10-6-4-3-5-7-10/h3-7,11H,2,8-9H2,1H3/p+1. The predicted octanol–water partition coefficient (Wildman–Crippen LogP) is 1.98. The number of carbonyl (C=O) groups excluding carboxylic acids is 1. The molecule has 0 aromatic heterocycles. The van der Waals surface area contributed by atoms with Crippen molar-refractivity contribution in [2.75, 3.05) is 11.9 Å². The van der Waals surface area contributed by atoms with Gasteiger partial charge in [-0.15, -0.1) is 0 Å². The highest BCUT2D eigenvalue weighted by molar-refractivity contribution is 5.95. The van der Waals surface area contributed by atoms with Crippen LogP contribution in [0.25, 0.3) is 0 Å². The maximum absolute atomic E-state index is 12.0. The molecule has 5 nitrogen and oxygen atoms in total. The first-order chi connectivity index (χ1) is 8.72. The topological polar surface area (TPSA) is 61.5 Å². The van der Waals surface area contributed by atoms with Gasteiger partial charge in [-0.25, -0.2) is 0 Å². The van der Waals surface area contributed by atoms with Gasteiger partial charge in [0.2, 0.25) is 6.04 Å². The fourth-order valence-electron chi connectivity index (χ4n) is 1.94. The van der Waals surface area contributed by atoms with Gasteiger partial charge in [-0.3, -0.25) is 4.79 Å². The van der Waals surface area contributed by atoms with E-state index < -0.39 is 6.04 Å². The van der Waals surface area contributed by atoms with Crippen LogP contribution in [0, 0.1) is 4.91 Å². The summed E-state index contributed by atoms with van der Waals surface area (Å²) >= 11 is 0. The first kappa shape index (κ1) is 12.4. The summed E-state index contributed by atoms with van der Waals surface area (Å²) in [6.07, 6.45) is 1.02. The normalized spacial score (nSPS) is 19.3. The average molecular weight is 246 g/mol. The molecule has 1 aliphatic rings. The van der Waals surface area contributed by atoms with Crippen LogP contribution in [0.4, 0.5) is 5.69 Å². The Kier molecular flexibility index (Phi) is 3.82. The number of para-hydroxylation sites is 1. The zero-order valence-corrected chi connectivity index (χ0v) is 10.3. The number of carbonyl (C=O) groups is 1. The highest BCUT2D eigenvalue weighted by Gasteiger charge is 2.37. The number of nitrogens with one attached hydrogen (secondary N) is 1. The van der Waals surface area contributed by atoms with Crippen LogP contribution in [0.3, 0.4) is 0 Å². The SMILES string of the molecule is CCC1=NCCC(C(=O)Nc2ccccc2)[N+]1=O.